The molecule has 0 saturated carbocycles. The minimum Gasteiger partial charge on any atom is -0.392 e. The Labute approximate surface area is 105 Å². The number of nitrogens with zero attached hydrogens (tertiary/aromatic N) is 2. The average molecular weight is 248 g/mol. The lowest BCUT2D eigenvalue weighted by molar-refractivity contribution is 0.175. The molecular formula is C14H17FN2O. The summed E-state index contributed by atoms with van der Waals surface area (Å²) in [5.41, 5.74) is 0.940. The Morgan fingerprint density at radius 2 is 2.17 bits per heavy atom. The predicted octanol–water partition coefficient (Wildman–Crippen LogP) is 1.85. The van der Waals surface area contributed by atoms with Crippen LogP contribution < -0.4 is 0 Å². The number of hydrogen-bond acceptors (Lipinski definition) is 2. The van der Waals surface area contributed by atoms with Gasteiger partial charge in [0.15, 0.2) is 0 Å². The number of fused-ring (bicyclic) bond motifs is 1. The van der Waals surface area contributed by atoms with Crippen LogP contribution in [0.2, 0.25) is 0 Å². The molecule has 0 bridgehead atoms. The van der Waals surface area contributed by atoms with Crippen LogP contribution in [0.15, 0.2) is 30.5 Å². The van der Waals surface area contributed by atoms with Gasteiger partial charge in [0.25, 0.3) is 0 Å². The largest absolute Gasteiger partial charge is 0.392 e. The second-order valence-corrected chi connectivity index (χ2v) is 4.96. The van der Waals surface area contributed by atoms with Gasteiger partial charge in [-0.3, -0.25) is 4.90 Å². The van der Waals surface area contributed by atoms with E-state index in [0.29, 0.717) is 0 Å². The van der Waals surface area contributed by atoms with Crippen molar-refractivity contribution in [1.29, 1.82) is 0 Å². The molecule has 1 atom stereocenters. The van der Waals surface area contributed by atoms with Crippen molar-refractivity contribution in [3.05, 3.63) is 36.3 Å². The fourth-order valence-electron chi connectivity index (χ4n) is 2.62. The second kappa shape index (κ2) is 4.71. The summed E-state index contributed by atoms with van der Waals surface area (Å²) in [5, 5.41) is 10.5. The standard InChI is InChI=1S/C14H17FN2O/c15-12-2-1-11-3-6-17(14(11)9-12)8-7-16-5-4-13(18)10-16/h1-3,6,9,13,18H,4-5,7-8,10H2. The van der Waals surface area contributed by atoms with Crippen LogP contribution in [-0.4, -0.2) is 40.3 Å². The van der Waals surface area contributed by atoms with Crippen LogP contribution in [0.5, 0.6) is 0 Å². The van der Waals surface area contributed by atoms with E-state index in [0.717, 1.165) is 43.5 Å². The van der Waals surface area contributed by atoms with Crippen LogP contribution in [-0.2, 0) is 6.54 Å². The lowest BCUT2D eigenvalue weighted by Gasteiger charge is -2.15. The first-order chi connectivity index (χ1) is 8.72. The molecule has 1 aliphatic heterocycles. The van der Waals surface area contributed by atoms with Gasteiger partial charge in [-0.2, -0.15) is 0 Å². The van der Waals surface area contributed by atoms with Crippen molar-refractivity contribution < 1.29 is 9.50 Å². The zero-order chi connectivity index (χ0) is 12.5. The summed E-state index contributed by atoms with van der Waals surface area (Å²) >= 11 is 0. The van der Waals surface area contributed by atoms with E-state index in [1.165, 1.54) is 6.07 Å². The molecule has 0 spiro atoms. The average Bonchev–Trinajstić information content (AvgIpc) is 2.93. The molecule has 2 aromatic rings. The number of aliphatic hydroxyl groups excluding tert-OH is 1. The van der Waals surface area contributed by atoms with Crippen molar-refractivity contribution in [2.75, 3.05) is 19.6 Å². The molecule has 1 saturated heterocycles. The predicted molar refractivity (Wildman–Crippen MR) is 69.0 cm³/mol. The van der Waals surface area contributed by atoms with Gasteiger partial charge in [0.1, 0.15) is 5.82 Å². The first kappa shape index (κ1) is 11.7. The van der Waals surface area contributed by atoms with Gasteiger partial charge < -0.3 is 9.67 Å². The Kier molecular flexibility index (Phi) is 3.06. The lowest BCUT2D eigenvalue weighted by atomic mass is 10.2. The van der Waals surface area contributed by atoms with Crippen molar-refractivity contribution in [2.45, 2.75) is 19.1 Å². The van der Waals surface area contributed by atoms with Crippen LogP contribution in [0, 0.1) is 5.82 Å². The molecule has 1 fully saturated rings. The van der Waals surface area contributed by atoms with E-state index in [2.05, 4.69) is 9.47 Å². The molecule has 1 N–H and O–H groups in total. The molecule has 1 aliphatic rings. The molecule has 0 radical (unpaired) electrons. The van der Waals surface area contributed by atoms with Crippen LogP contribution in [0.1, 0.15) is 6.42 Å². The zero-order valence-electron chi connectivity index (χ0n) is 10.2. The Morgan fingerprint density at radius 3 is 2.94 bits per heavy atom. The highest BCUT2D eigenvalue weighted by atomic mass is 19.1. The molecule has 18 heavy (non-hydrogen) atoms. The quantitative estimate of drug-likeness (QED) is 0.898. The molecule has 2 heterocycles. The van der Waals surface area contributed by atoms with E-state index in [1.54, 1.807) is 12.1 Å². The normalized spacial score (nSPS) is 20.9. The van der Waals surface area contributed by atoms with Gasteiger partial charge in [-0.15, -0.1) is 0 Å². The van der Waals surface area contributed by atoms with Gasteiger partial charge >= 0.3 is 0 Å². The Morgan fingerprint density at radius 1 is 1.28 bits per heavy atom. The fourth-order valence-corrected chi connectivity index (χ4v) is 2.62. The molecule has 3 nitrogen and oxygen atoms in total. The maximum atomic E-state index is 13.2. The molecular weight excluding hydrogens is 231 g/mol. The number of hydrogen-bond donors (Lipinski definition) is 1. The van der Waals surface area contributed by atoms with E-state index >= 15 is 0 Å². The second-order valence-electron chi connectivity index (χ2n) is 4.96. The van der Waals surface area contributed by atoms with Crippen molar-refractivity contribution in [1.82, 2.24) is 9.47 Å². The highest BCUT2D eigenvalue weighted by Crippen LogP contribution is 2.17. The number of aliphatic hydroxyl groups is 1. The molecule has 1 aromatic heterocycles. The minimum atomic E-state index is -0.195. The van der Waals surface area contributed by atoms with Gasteiger partial charge in [0.2, 0.25) is 0 Å². The van der Waals surface area contributed by atoms with Crippen LogP contribution >= 0.6 is 0 Å². The van der Waals surface area contributed by atoms with Crippen molar-refractivity contribution in [2.24, 2.45) is 0 Å². The molecule has 0 amide bonds. The van der Waals surface area contributed by atoms with Crippen LogP contribution in [0.25, 0.3) is 10.9 Å². The van der Waals surface area contributed by atoms with E-state index in [-0.39, 0.29) is 11.9 Å². The van der Waals surface area contributed by atoms with E-state index < -0.39 is 0 Å². The Bertz CT molecular complexity index is 552. The third kappa shape index (κ3) is 2.26. The lowest BCUT2D eigenvalue weighted by Crippen LogP contribution is -2.26. The Hall–Kier alpha value is -1.39. The number of halogens is 1. The molecule has 96 valence electrons. The SMILES string of the molecule is OC1CCN(CCn2ccc3ccc(F)cc32)C1. The number of benzene rings is 1. The van der Waals surface area contributed by atoms with E-state index in [9.17, 15) is 9.50 Å². The smallest absolute Gasteiger partial charge is 0.125 e. The third-order valence-corrected chi connectivity index (χ3v) is 3.64. The monoisotopic (exact) mass is 248 g/mol. The van der Waals surface area contributed by atoms with Crippen molar-refractivity contribution in [3.63, 3.8) is 0 Å². The van der Waals surface area contributed by atoms with Crippen LogP contribution in [0.3, 0.4) is 0 Å². The van der Waals surface area contributed by atoms with Gasteiger partial charge in [0.05, 0.1) is 11.6 Å². The van der Waals surface area contributed by atoms with E-state index in [4.69, 9.17) is 0 Å². The summed E-state index contributed by atoms with van der Waals surface area (Å²) in [6.45, 7) is 3.44. The third-order valence-electron chi connectivity index (χ3n) is 3.64. The van der Waals surface area contributed by atoms with Gasteiger partial charge in [-0.25, -0.2) is 4.39 Å². The van der Waals surface area contributed by atoms with Gasteiger partial charge in [-0.05, 0) is 36.1 Å². The van der Waals surface area contributed by atoms with Gasteiger partial charge in [0, 0.05) is 32.4 Å². The maximum Gasteiger partial charge on any atom is 0.125 e. The molecule has 3 rings (SSSR count). The molecule has 4 heteroatoms. The molecule has 0 aliphatic carbocycles. The summed E-state index contributed by atoms with van der Waals surface area (Å²) in [6, 6.07) is 6.88. The summed E-state index contributed by atoms with van der Waals surface area (Å²) in [7, 11) is 0. The van der Waals surface area contributed by atoms with Crippen molar-refractivity contribution >= 4 is 10.9 Å². The molecule has 1 unspecified atom stereocenters. The highest BCUT2D eigenvalue weighted by molar-refractivity contribution is 5.80. The number of rotatable bonds is 3. The topological polar surface area (TPSA) is 28.4 Å². The highest BCUT2D eigenvalue weighted by Gasteiger charge is 2.19. The minimum absolute atomic E-state index is 0.177. The van der Waals surface area contributed by atoms with Crippen LogP contribution in [0.4, 0.5) is 4.39 Å². The summed E-state index contributed by atoms with van der Waals surface area (Å²) in [5.74, 6) is -0.195. The van der Waals surface area contributed by atoms with E-state index in [1.807, 2.05) is 12.3 Å². The zero-order valence-corrected chi connectivity index (χ0v) is 10.2. The molecule has 1 aromatic carbocycles. The summed E-state index contributed by atoms with van der Waals surface area (Å²) < 4.78 is 15.3. The first-order valence-electron chi connectivity index (χ1n) is 6.37. The van der Waals surface area contributed by atoms with Crippen molar-refractivity contribution in [3.8, 4) is 0 Å². The fraction of sp³-hybridized carbons (Fsp3) is 0.429. The first-order valence-corrected chi connectivity index (χ1v) is 6.37. The number of likely N-dealkylation sites (tertiary alicyclic amines) is 1. The maximum absolute atomic E-state index is 13.2. The number of aromatic nitrogens is 1. The van der Waals surface area contributed by atoms with Gasteiger partial charge in [-0.1, -0.05) is 0 Å². The Balaban J connectivity index is 1.72. The summed E-state index contributed by atoms with van der Waals surface area (Å²) in [6.07, 6.45) is 2.68. The summed E-state index contributed by atoms with van der Waals surface area (Å²) in [4.78, 5) is 2.25. The number of β-amino-alcohol motifs (C(OH)–C–C–N with tert-alkyl or cyclic N) is 1.